The summed E-state index contributed by atoms with van der Waals surface area (Å²) in [5.74, 6) is -0.109. The Labute approximate surface area is 154 Å². The number of aromatic nitrogens is 3. The van der Waals surface area contributed by atoms with Crippen molar-refractivity contribution >= 4 is 40.2 Å². The van der Waals surface area contributed by atoms with Gasteiger partial charge < -0.3 is 9.47 Å². The molecule has 0 saturated carbocycles. The zero-order valence-corrected chi connectivity index (χ0v) is 15.1. The topological polar surface area (TPSA) is 66.2 Å². The third-order valence-electron chi connectivity index (χ3n) is 3.58. The molecule has 0 aliphatic rings. The highest BCUT2D eigenvalue weighted by atomic mass is 35.5. The van der Waals surface area contributed by atoms with Crippen LogP contribution in [0, 0.1) is 6.92 Å². The van der Waals surface area contributed by atoms with E-state index in [-0.39, 0.29) is 13.2 Å². The van der Waals surface area contributed by atoms with Gasteiger partial charge >= 0.3 is 5.97 Å². The molecule has 0 spiro atoms. The molecule has 2 heterocycles. The third-order valence-corrected chi connectivity index (χ3v) is 4.18. The van der Waals surface area contributed by atoms with E-state index in [0.29, 0.717) is 27.0 Å². The fraction of sp³-hybridized carbons (Fsp3) is 0.235. The van der Waals surface area contributed by atoms with Gasteiger partial charge in [0, 0.05) is 18.6 Å². The molecule has 6 nitrogen and oxygen atoms in total. The average Bonchev–Trinajstić information content (AvgIpc) is 2.87. The number of fused-ring (bicyclic) bond motifs is 1. The Hall–Kier alpha value is -2.31. The van der Waals surface area contributed by atoms with Crippen LogP contribution in [0.2, 0.25) is 10.0 Å². The highest BCUT2D eigenvalue weighted by molar-refractivity contribution is 6.37. The van der Waals surface area contributed by atoms with E-state index in [0.717, 1.165) is 11.1 Å². The number of halogens is 2. The molecule has 0 aliphatic heterocycles. The molecule has 0 atom stereocenters. The molecule has 130 valence electrons. The van der Waals surface area contributed by atoms with Crippen LogP contribution >= 0.6 is 23.2 Å². The van der Waals surface area contributed by atoms with Crippen LogP contribution in [0.4, 0.5) is 0 Å². The Kier molecular flexibility index (Phi) is 5.11. The Morgan fingerprint density at radius 2 is 1.96 bits per heavy atom. The van der Waals surface area contributed by atoms with Gasteiger partial charge in [0.15, 0.2) is 11.4 Å². The first-order valence-electron chi connectivity index (χ1n) is 7.50. The second kappa shape index (κ2) is 7.29. The summed E-state index contributed by atoms with van der Waals surface area (Å²) in [5, 5.41) is 5.90. The van der Waals surface area contributed by atoms with Crippen LogP contribution < -0.4 is 4.74 Å². The number of nitrogens with zero attached hydrogens (tertiary/aromatic N) is 3. The quantitative estimate of drug-likeness (QED) is 0.497. The molecule has 0 N–H and O–H groups in total. The lowest BCUT2D eigenvalue weighted by Gasteiger charge is -2.10. The molecule has 25 heavy (non-hydrogen) atoms. The van der Waals surface area contributed by atoms with Crippen LogP contribution in [0.3, 0.4) is 0 Å². The molecule has 1 aromatic carbocycles. The number of hydrogen-bond donors (Lipinski definition) is 0. The first-order valence-corrected chi connectivity index (χ1v) is 8.26. The van der Waals surface area contributed by atoms with E-state index < -0.39 is 5.97 Å². The number of aryl methyl sites for hydroxylation is 2. The van der Waals surface area contributed by atoms with Crippen molar-refractivity contribution in [2.24, 2.45) is 7.05 Å². The molecule has 0 unspecified atom stereocenters. The Bertz CT molecular complexity index is 920. The number of rotatable bonds is 5. The van der Waals surface area contributed by atoms with E-state index in [2.05, 4.69) is 10.1 Å². The maximum Gasteiger partial charge on any atom is 0.339 e. The molecule has 0 saturated heterocycles. The van der Waals surface area contributed by atoms with Crippen LogP contribution in [0.25, 0.3) is 11.0 Å². The maximum atomic E-state index is 12.2. The van der Waals surface area contributed by atoms with E-state index in [4.69, 9.17) is 32.7 Å². The van der Waals surface area contributed by atoms with Crippen molar-refractivity contribution in [3.63, 3.8) is 0 Å². The van der Waals surface area contributed by atoms with E-state index in [1.807, 2.05) is 6.92 Å². The summed E-state index contributed by atoms with van der Waals surface area (Å²) in [6.07, 6.45) is 1.47. The molecule has 3 rings (SSSR count). The first kappa shape index (κ1) is 17.5. The number of benzene rings is 1. The van der Waals surface area contributed by atoms with Crippen molar-refractivity contribution in [1.82, 2.24) is 14.8 Å². The van der Waals surface area contributed by atoms with Crippen LogP contribution in [-0.4, -0.2) is 33.9 Å². The SMILES string of the molecule is Cc1nn(C)c2ncc(C(=O)OCCOc3c(Cl)cccc3Cl)cc12. The van der Waals surface area contributed by atoms with Gasteiger partial charge in [-0.2, -0.15) is 5.10 Å². The van der Waals surface area contributed by atoms with Gasteiger partial charge in [-0.1, -0.05) is 29.3 Å². The van der Waals surface area contributed by atoms with E-state index >= 15 is 0 Å². The molecule has 3 aromatic rings. The number of esters is 1. The van der Waals surface area contributed by atoms with Gasteiger partial charge in [-0.15, -0.1) is 0 Å². The standard InChI is InChI=1S/C17H15Cl2N3O3/c1-10-12-8-11(9-20-16(12)22(2)21-10)17(23)25-7-6-24-15-13(18)4-3-5-14(15)19/h3-5,8-9H,6-7H2,1-2H3. The van der Waals surface area contributed by atoms with Crippen LogP contribution in [0.5, 0.6) is 5.75 Å². The lowest BCUT2D eigenvalue weighted by molar-refractivity contribution is 0.0450. The molecule has 8 heteroatoms. The molecule has 0 fully saturated rings. The minimum atomic E-state index is -0.480. The number of carbonyl (C=O) groups excluding carboxylic acids is 1. The highest BCUT2D eigenvalue weighted by Crippen LogP contribution is 2.32. The minimum absolute atomic E-state index is 0.0600. The van der Waals surface area contributed by atoms with Crippen LogP contribution in [0.1, 0.15) is 16.1 Å². The molecule has 0 radical (unpaired) electrons. The fourth-order valence-electron chi connectivity index (χ4n) is 2.40. The van der Waals surface area contributed by atoms with Gasteiger partial charge in [-0.25, -0.2) is 9.78 Å². The zero-order valence-electron chi connectivity index (χ0n) is 13.6. The molecule has 0 aliphatic carbocycles. The summed E-state index contributed by atoms with van der Waals surface area (Å²) in [6.45, 7) is 2.06. The number of ether oxygens (including phenoxy) is 2. The number of pyridine rings is 1. The summed E-state index contributed by atoms with van der Waals surface area (Å²) in [6, 6.07) is 6.79. The normalized spacial score (nSPS) is 10.9. The van der Waals surface area contributed by atoms with Crippen LogP contribution in [-0.2, 0) is 11.8 Å². The van der Waals surface area contributed by atoms with Crippen molar-refractivity contribution in [3.05, 3.63) is 51.8 Å². The van der Waals surface area contributed by atoms with Crippen molar-refractivity contribution in [3.8, 4) is 5.75 Å². The Balaban J connectivity index is 1.60. The van der Waals surface area contributed by atoms with Gasteiger partial charge in [0.1, 0.15) is 13.2 Å². The van der Waals surface area contributed by atoms with Crippen LogP contribution in [0.15, 0.2) is 30.5 Å². The predicted octanol–water partition coefficient (Wildman–Crippen LogP) is 3.82. The molecule has 0 amide bonds. The third kappa shape index (κ3) is 3.70. The largest absolute Gasteiger partial charge is 0.487 e. The van der Waals surface area contributed by atoms with Gasteiger partial charge in [0.2, 0.25) is 0 Å². The molecular formula is C17H15Cl2N3O3. The van der Waals surface area contributed by atoms with E-state index in [9.17, 15) is 4.79 Å². The highest BCUT2D eigenvalue weighted by Gasteiger charge is 2.13. The second-order valence-electron chi connectivity index (χ2n) is 5.34. The van der Waals surface area contributed by atoms with E-state index in [1.54, 1.807) is 36.0 Å². The van der Waals surface area contributed by atoms with Gasteiger partial charge in [-0.05, 0) is 25.1 Å². The Morgan fingerprint density at radius 3 is 2.68 bits per heavy atom. The maximum absolute atomic E-state index is 12.2. The summed E-state index contributed by atoms with van der Waals surface area (Å²) in [7, 11) is 1.80. The predicted molar refractivity (Wildman–Crippen MR) is 95.5 cm³/mol. The molecule has 0 bridgehead atoms. The van der Waals surface area contributed by atoms with Crippen molar-refractivity contribution in [1.29, 1.82) is 0 Å². The lowest BCUT2D eigenvalue weighted by Crippen LogP contribution is -2.13. The molecular weight excluding hydrogens is 365 g/mol. The van der Waals surface area contributed by atoms with Gasteiger partial charge in [0.25, 0.3) is 0 Å². The summed E-state index contributed by atoms with van der Waals surface area (Å²) in [5.41, 5.74) is 1.88. The smallest absolute Gasteiger partial charge is 0.339 e. The minimum Gasteiger partial charge on any atom is -0.487 e. The average molecular weight is 380 g/mol. The monoisotopic (exact) mass is 379 g/mol. The van der Waals surface area contributed by atoms with Gasteiger partial charge in [0.05, 0.1) is 21.3 Å². The number of hydrogen-bond acceptors (Lipinski definition) is 5. The Morgan fingerprint density at radius 1 is 1.24 bits per heavy atom. The first-order chi connectivity index (χ1) is 12.0. The fourth-order valence-corrected chi connectivity index (χ4v) is 2.91. The van der Waals surface area contributed by atoms with Crippen molar-refractivity contribution in [2.75, 3.05) is 13.2 Å². The lowest BCUT2D eigenvalue weighted by atomic mass is 10.2. The number of carbonyl (C=O) groups is 1. The van der Waals surface area contributed by atoms with Gasteiger partial charge in [-0.3, -0.25) is 4.68 Å². The summed E-state index contributed by atoms with van der Waals surface area (Å²) >= 11 is 12.0. The molecule has 2 aromatic heterocycles. The zero-order chi connectivity index (χ0) is 18.0. The number of para-hydroxylation sites is 1. The second-order valence-corrected chi connectivity index (χ2v) is 6.15. The summed E-state index contributed by atoms with van der Waals surface area (Å²) < 4.78 is 12.4. The van der Waals surface area contributed by atoms with Crippen molar-refractivity contribution < 1.29 is 14.3 Å². The van der Waals surface area contributed by atoms with E-state index in [1.165, 1.54) is 6.20 Å². The summed E-state index contributed by atoms with van der Waals surface area (Å²) in [4.78, 5) is 16.4. The van der Waals surface area contributed by atoms with Crippen molar-refractivity contribution in [2.45, 2.75) is 6.92 Å².